The van der Waals surface area contributed by atoms with Gasteiger partial charge in [-0.2, -0.15) is 5.10 Å². The van der Waals surface area contributed by atoms with Crippen LogP contribution in [0.15, 0.2) is 12.3 Å². The summed E-state index contributed by atoms with van der Waals surface area (Å²) in [5.41, 5.74) is 0.171. The van der Waals surface area contributed by atoms with Crippen LogP contribution in [-0.2, 0) is 22.6 Å². The fourth-order valence-corrected chi connectivity index (χ4v) is 2.87. The summed E-state index contributed by atoms with van der Waals surface area (Å²) in [5.74, 6) is -0.116. The first-order valence-electron chi connectivity index (χ1n) is 7.75. The van der Waals surface area contributed by atoms with Crippen molar-refractivity contribution in [2.24, 2.45) is 0 Å². The van der Waals surface area contributed by atoms with E-state index < -0.39 is 11.1 Å². The first-order valence-corrected chi connectivity index (χ1v) is 7.75. The number of ether oxygens (including phenoxy) is 1. The lowest BCUT2D eigenvalue weighted by Crippen LogP contribution is -2.50. The Morgan fingerprint density at radius 3 is 2.81 bits per heavy atom. The van der Waals surface area contributed by atoms with Crippen molar-refractivity contribution in [3.8, 4) is 0 Å². The normalized spacial score (nSPS) is 23.5. The molecule has 21 heavy (non-hydrogen) atoms. The van der Waals surface area contributed by atoms with Crippen LogP contribution in [0.5, 0.6) is 0 Å². The third-order valence-corrected chi connectivity index (χ3v) is 4.09. The highest BCUT2D eigenvalue weighted by molar-refractivity contribution is 5.81. The SMILES string of the molecule is CCn1nccc1CN1CCC[C@@]1(C)C(=O)OC(C)(C)C. The minimum Gasteiger partial charge on any atom is -0.459 e. The van der Waals surface area contributed by atoms with Crippen LogP contribution in [0.2, 0.25) is 0 Å². The Bertz CT molecular complexity index is 504. The highest BCUT2D eigenvalue weighted by Crippen LogP contribution is 2.33. The maximum Gasteiger partial charge on any atom is 0.326 e. The van der Waals surface area contributed by atoms with Crippen LogP contribution in [-0.4, -0.2) is 38.3 Å². The lowest BCUT2D eigenvalue weighted by atomic mass is 9.98. The van der Waals surface area contributed by atoms with Crippen LogP contribution in [0.1, 0.15) is 53.2 Å². The van der Waals surface area contributed by atoms with Gasteiger partial charge in [0.05, 0.1) is 5.69 Å². The lowest BCUT2D eigenvalue weighted by Gasteiger charge is -2.35. The molecule has 118 valence electrons. The van der Waals surface area contributed by atoms with Crippen molar-refractivity contribution in [2.75, 3.05) is 6.54 Å². The molecule has 1 aromatic heterocycles. The molecule has 1 atom stereocenters. The average molecular weight is 293 g/mol. The molecule has 0 radical (unpaired) electrons. The van der Waals surface area contributed by atoms with E-state index in [9.17, 15) is 4.79 Å². The molecule has 2 rings (SSSR count). The molecule has 0 aliphatic carbocycles. The molecule has 0 N–H and O–H groups in total. The van der Waals surface area contributed by atoms with Crippen molar-refractivity contribution in [2.45, 2.75) is 71.7 Å². The summed E-state index contributed by atoms with van der Waals surface area (Å²) in [5, 5.41) is 4.30. The number of nitrogens with zero attached hydrogens (tertiary/aromatic N) is 3. The molecule has 0 aromatic carbocycles. The van der Waals surface area contributed by atoms with Crippen LogP contribution in [0.25, 0.3) is 0 Å². The zero-order valence-corrected chi connectivity index (χ0v) is 13.8. The van der Waals surface area contributed by atoms with E-state index in [1.807, 2.05) is 44.6 Å². The number of likely N-dealkylation sites (tertiary alicyclic amines) is 1. The summed E-state index contributed by atoms with van der Waals surface area (Å²) in [4.78, 5) is 14.8. The summed E-state index contributed by atoms with van der Waals surface area (Å²) in [6.07, 6.45) is 3.69. The van der Waals surface area contributed by atoms with E-state index in [1.165, 1.54) is 0 Å². The van der Waals surface area contributed by atoms with Gasteiger partial charge >= 0.3 is 5.97 Å². The molecule has 1 saturated heterocycles. The van der Waals surface area contributed by atoms with E-state index in [0.29, 0.717) is 0 Å². The Morgan fingerprint density at radius 2 is 2.19 bits per heavy atom. The van der Waals surface area contributed by atoms with Crippen molar-refractivity contribution in [3.63, 3.8) is 0 Å². The van der Waals surface area contributed by atoms with E-state index >= 15 is 0 Å². The predicted molar refractivity (Wildman–Crippen MR) is 81.8 cm³/mol. The number of carbonyl (C=O) groups excluding carboxylic acids is 1. The summed E-state index contributed by atoms with van der Waals surface area (Å²) in [7, 11) is 0. The standard InChI is InChI=1S/C16H27N3O2/c1-6-19-13(8-10-17-19)12-18-11-7-9-16(18,5)14(20)21-15(2,3)4/h8,10H,6-7,9,11-12H2,1-5H3/t16-/m0/s1. The monoisotopic (exact) mass is 293 g/mol. The number of esters is 1. The van der Waals surface area contributed by atoms with Crippen LogP contribution in [0.3, 0.4) is 0 Å². The van der Waals surface area contributed by atoms with E-state index in [-0.39, 0.29) is 5.97 Å². The Kier molecular flexibility index (Phi) is 4.42. The zero-order chi connectivity index (χ0) is 15.7. The molecule has 1 aromatic rings. The molecule has 2 heterocycles. The van der Waals surface area contributed by atoms with Gasteiger partial charge in [-0.15, -0.1) is 0 Å². The summed E-state index contributed by atoms with van der Waals surface area (Å²) >= 11 is 0. The second-order valence-corrected chi connectivity index (χ2v) is 6.94. The molecule has 0 saturated carbocycles. The molecular formula is C16H27N3O2. The maximum atomic E-state index is 12.6. The number of hydrogen-bond donors (Lipinski definition) is 0. The van der Waals surface area contributed by atoms with E-state index in [0.717, 1.165) is 38.2 Å². The molecule has 0 unspecified atom stereocenters. The van der Waals surface area contributed by atoms with Crippen molar-refractivity contribution >= 4 is 5.97 Å². The Hall–Kier alpha value is -1.36. The van der Waals surface area contributed by atoms with Gasteiger partial charge in [0.15, 0.2) is 0 Å². The van der Waals surface area contributed by atoms with Gasteiger partial charge in [0.2, 0.25) is 0 Å². The molecule has 1 fully saturated rings. The van der Waals surface area contributed by atoms with Gasteiger partial charge in [0.1, 0.15) is 11.1 Å². The Balaban J connectivity index is 2.14. The van der Waals surface area contributed by atoms with Gasteiger partial charge in [-0.05, 0) is 60.1 Å². The largest absolute Gasteiger partial charge is 0.459 e. The second kappa shape index (κ2) is 5.79. The number of aryl methyl sites for hydroxylation is 1. The van der Waals surface area contributed by atoms with Crippen LogP contribution in [0, 0.1) is 0 Å². The number of rotatable bonds is 4. The Morgan fingerprint density at radius 1 is 1.48 bits per heavy atom. The number of hydrogen-bond acceptors (Lipinski definition) is 4. The topological polar surface area (TPSA) is 47.4 Å². The molecule has 1 aliphatic rings. The minimum atomic E-state index is -0.532. The molecule has 5 heteroatoms. The van der Waals surface area contributed by atoms with Crippen molar-refractivity contribution in [1.29, 1.82) is 0 Å². The molecule has 0 bridgehead atoms. The Labute approximate surface area is 127 Å². The van der Waals surface area contributed by atoms with Gasteiger partial charge < -0.3 is 4.74 Å². The van der Waals surface area contributed by atoms with E-state index in [4.69, 9.17) is 4.74 Å². The molecule has 0 spiro atoms. The van der Waals surface area contributed by atoms with Gasteiger partial charge in [0, 0.05) is 19.3 Å². The maximum absolute atomic E-state index is 12.6. The third kappa shape index (κ3) is 3.46. The molecule has 0 amide bonds. The van der Waals surface area contributed by atoms with E-state index in [1.54, 1.807) is 0 Å². The fourth-order valence-electron chi connectivity index (χ4n) is 2.87. The first kappa shape index (κ1) is 16.0. The smallest absolute Gasteiger partial charge is 0.326 e. The lowest BCUT2D eigenvalue weighted by molar-refractivity contribution is -0.167. The van der Waals surface area contributed by atoms with Crippen molar-refractivity contribution in [3.05, 3.63) is 18.0 Å². The molecule has 5 nitrogen and oxygen atoms in total. The van der Waals surface area contributed by atoms with Gasteiger partial charge in [0.25, 0.3) is 0 Å². The van der Waals surface area contributed by atoms with Gasteiger partial charge in [-0.3, -0.25) is 14.4 Å². The van der Waals surface area contributed by atoms with Gasteiger partial charge in [-0.25, -0.2) is 0 Å². The quantitative estimate of drug-likeness (QED) is 0.801. The molecule has 1 aliphatic heterocycles. The zero-order valence-electron chi connectivity index (χ0n) is 13.8. The number of aromatic nitrogens is 2. The molecular weight excluding hydrogens is 266 g/mol. The highest BCUT2D eigenvalue weighted by atomic mass is 16.6. The van der Waals surface area contributed by atoms with Gasteiger partial charge in [-0.1, -0.05) is 0 Å². The summed E-state index contributed by atoms with van der Waals surface area (Å²) in [6.45, 7) is 12.3. The van der Waals surface area contributed by atoms with Crippen LogP contribution >= 0.6 is 0 Å². The minimum absolute atomic E-state index is 0.116. The third-order valence-electron chi connectivity index (χ3n) is 4.09. The average Bonchev–Trinajstić information content (AvgIpc) is 2.96. The highest BCUT2D eigenvalue weighted by Gasteiger charge is 2.45. The number of carbonyl (C=O) groups is 1. The summed E-state index contributed by atoms with van der Waals surface area (Å²) < 4.78 is 7.61. The fraction of sp³-hybridized carbons (Fsp3) is 0.750. The summed E-state index contributed by atoms with van der Waals surface area (Å²) in [6, 6.07) is 2.03. The predicted octanol–water partition coefficient (Wildman–Crippen LogP) is 2.60. The van der Waals surface area contributed by atoms with Crippen molar-refractivity contribution in [1.82, 2.24) is 14.7 Å². The van der Waals surface area contributed by atoms with Crippen LogP contribution < -0.4 is 0 Å². The van der Waals surface area contributed by atoms with Crippen molar-refractivity contribution < 1.29 is 9.53 Å². The van der Waals surface area contributed by atoms with E-state index in [2.05, 4.69) is 16.9 Å². The first-order chi connectivity index (χ1) is 9.76. The second-order valence-electron chi connectivity index (χ2n) is 6.94. The van der Waals surface area contributed by atoms with Crippen LogP contribution in [0.4, 0.5) is 0 Å².